The number of carbonyl (C=O) groups is 1. The maximum absolute atomic E-state index is 10.8. The highest BCUT2D eigenvalue weighted by Crippen LogP contribution is 2.34. The van der Waals surface area contributed by atoms with Crippen molar-refractivity contribution >= 4 is 5.97 Å². The van der Waals surface area contributed by atoms with Gasteiger partial charge >= 0.3 is 5.97 Å². The van der Waals surface area contributed by atoms with Gasteiger partial charge in [-0.3, -0.25) is 0 Å². The molecule has 0 spiro atoms. The maximum atomic E-state index is 10.8. The summed E-state index contributed by atoms with van der Waals surface area (Å²) in [5, 5.41) is 12.4. The molecule has 1 aromatic heterocycles. The molecule has 1 aliphatic rings. The molecule has 0 aliphatic heterocycles. The Morgan fingerprint density at radius 3 is 2.83 bits per heavy atom. The van der Waals surface area contributed by atoms with Gasteiger partial charge in [0.05, 0.1) is 0 Å². The molecule has 1 aromatic rings. The van der Waals surface area contributed by atoms with Gasteiger partial charge in [-0.1, -0.05) is 19.8 Å². The van der Waals surface area contributed by atoms with Crippen LogP contribution in [-0.2, 0) is 6.54 Å². The fourth-order valence-corrected chi connectivity index (χ4v) is 2.21. The first-order valence-corrected chi connectivity index (χ1v) is 6.66. The lowest BCUT2D eigenvalue weighted by atomic mass is 10.1. The second-order valence-electron chi connectivity index (χ2n) is 5.16. The van der Waals surface area contributed by atoms with Gasteiger partial charge in [0.15, 0.2) is 0 Å². The number of hydrogen-bond donors (Lipinski definition) is 2. The van der Waals surface area contributed by atoms with Crippen LogP contribution in [0, 0.1) is 12.8 Å². The van der Waals surface area contributed by atoms with Gasteiger partial charge < -0.3 is 14.8 Å². The average molecular weight is 251 g/mol. The number of carboxylic acid groups (broad SMARTS) is 1. The second kappa shape index (κ2) is 5.57. The van der Waals surface area contributed by atoms with Crippen molar-refractivity contribution < 1.29 is 14.3 Å². The Balaban J connectivity index is 1.89. The van der Waals surface area contributed by atoms with Crippen molar-refractivity contribution in [2.45, 2.75) is 52.1 Å². The lowest BCUT2D eigenvalue weighted by Gasteiger charge is -2.16. The molecule has 4 heteroatoms. The number of hydrogen-bond acceptors (Lipinski definition) is 3. The van der Waals surface area contributed by atoms with Crippen molar-refractivity contribution in [2.75, 3.05) is 0 Å². The van der Waals surface area contributed by atoms with Crippen molar-refractivity contribution in [3.8, 4) is 0 Å². The predicted molar refractivity (Wildman–Crippen MR) is 68.7 cm³/mol. The maximum Gasteiger partial charge on any atom is 0.371 e. The molecule has 2 rings (SSSR count). The Kier molecular flexibility index (Phi) is 4.07. The van der Waals surface area contributed by atoms with E-state index in [1.54, 1.807) is 6.07 Å². The summed E-state index contributed by atoms with van der Waals surface area (Å²) in [6.45, 7) is 4.68. The van der Waals surface area contributed by atoms with Gasteiger partial charge in [-0.05, 0) is 31.7 Å². The van der Waals surface area contributed by atoms with Crippen LogP contribution in [-0.4, -0.2) is 17.1 Å². The summed E-state index contributed by atoms with van der Waals surface area (Å²) in [4.78, 5) is 10.8. The minimum atomic E-state index is -1.01. The zero-order chi connectivity index (χ0) is 13.1. The van der Waals surface area contributed by atoms with Crippen molar-refractivity contribution in [3.05, 3.63) is 23.2 Å². The first kappa shape index (κ1) is 13.1. The summed E-state index contributed by atoms with van der Waals surface area (Å²) in [5.74, 6) is 0.623. The Labute approximate surface area is 107 Å². The van der Waals surface area contributed by atoms with Crippen molar-refractivity contribution in [1.82, 2.24) is 5.32 Å². The third-order valence-corrected chi connectivity index (χ3v) is 3.62. The number of furan rings is 1. The minimum absolute atomic E-state index is 0.0274. The minimum Gasteiger partial charge on any atom is -0.475 e. The lowest BCUT2D eigenvalue weighted by molar-refractivity contribution is 0.0661. The first-order chi connectivity index (χ1) is 8.60. The van der Waals surface area contributed by atoms with E-state index in [1.807, 2.05) is 6.92 Å². The predicted octanol–water partition coefficient (Wildman–Crippen LogP) is 2.95. The highest BCUT2D eigenvalue weighted by molar-refractivity contribution is 5.84. The molecule has 1 atom stereocenters. The van der Waals surface area contributed by atoms with E-state index in [2.05, 4.69) is 12.2 Å². The first-order valence-electron chi connectivity index (χ1n) is 6.66. The smallest absolute Gasteiger partial charge is 0.371 e. The highest BCUT2D eigenvalue weighted by Gasteiger charge is 2.24. The van der Waals surface area contributed by atoms with Crippen molar-refractivity contribution in [2.24, 2.45) is 5.92 Å². The zero-order valence-electron chi connectivity index (χ0n) is 11.0. The van der Waals surface area contributed by atoms with E-state index < -0.39 is 5.97 Å². The van der Waals surface area contributed by atoms with E-state index in [0.29, 0.717) is 18.3 Å². The molecular formula is C14H21NO3. The zero-order valence-corrected chi connectivity index (χ0v) is 11.0. The van der Waals surface area contributed by atoms with E-state index in [9.17, 15) is 4.79 Å². The monoisotopic (exact) mass is 251 g/mol. The lowest BCUT2D eigenvalue weighted by Crippen LogP contribution is -2.28. The molecular weight excluding hydrogens is 230 g/mol. The van der Waals surface area contributed by atoms with Gasteiger partial charge in [-0.25, -0.2) is 4.79 Å². The third-order valence-electron chi connectivity index (χ3n) is 3.62. The van der Waals surface area contributed by atoms with Crippen LogP contribution in [0.15, 0.2) is 10.5 Å². The van der Waals surface area contributed by atoms with Crippen LogP contribution < -0.4 is 5.32 Å². The van der Waals surface area contributed by atoms with Gasteiger partial charge in [0.2, 0.25) is 5.76 Å². The molecule has 0 radical (unpaired) electrons. The second-order valence-corrected chi connectivity index (χ2v) is 5.16. The normalized spacial score (nSPS) is 16.8. The van der Waals surface area contributed by atoms with E-state index in [4.69, 9.17) is 9.52 Å². The number of nitrogens with one attached hydrogen (secondary N) is 1. The Morgan fingerprint density at radius 1 is 1.61 bits per heavy atom. The highest BCUT2D eigenvalue weighted by atomic mass is 16.4. The van der Waals surface area contributed by atoms with Gasteiger partial charge in [0.25, 0.3) is 0 Å². The molecule has 100 valence electrons. The van der Waals surface area contributed by atoms with Crippen LogP contribution in [0.1, 0.15) is 54.5 Å². The summed E-state index contributed by atoms with van der Waals surface area (Å²) < 4.78 is 5.20. The van der Waals surface area contributed by atoms with Gasteiger partial charge in [0, 0.05) is 18.2 Å². The average Bonchev–Trinajstić information content (AvgIpc) is 3.07. The van der Waals surface area contributed by atoms with Crippen LogP contribution >= 0.6 is 0 Å². The molecule has 0 aromatic carbocycles. The van der Waals surface area contributed by atoms with Crippen LogP contribution in [0.2, 0.25) is 0 Å². The molecule has 1 heterocycles. The van der Waals surface area contributed by atoms with Crippen molar-refractivity contribution in [3.63, 3.8) is 0 Å². The van der Waals surface area contributed by atoms with E-state index in [0.717, 1.165) is 17.9 Å². The summed E-state index contributed by atoms with van der Waals surface area (Å²) >= 11 is 0. The van der Waals surface area contributed by atoms with Crippen LogP contribution in [0.3, 0.4) is 0 Å². The van der Waals surface area contributed by atoms with E-state index in [-0.39, 0.29) is 5.76 Å². The van der Waals surface area contributed by atoms with Gasteiger partial charge in [-0.15, -0.1) is 0 Å². The van der Waals surface area contributed by atoms with Crippen LogP contribution in [0.4, 0.5) is 0 Å². The fourth-order valence-electron chi connectivity index (χ4n) is 2.21. The Hall–Kier alpha value is -1.29. The molecule has 2 N–H and O–H groups in total. The largest absolute Gasteiger partial charge is 0.475 e. The molecule has 0 saturated heterocycles. The van der Waals surface area contributed by atoms with E-state index in [1.165, 1.54) is 19.3 Å². The fraction of sp³-hybridized carbons (Fsp3) is 0.643. The van der Waals surface area contributed by atoms with E-state index >= 15 is 0 Å². The molecule has 1 aliphatic carbocycles. The number of aryl methyl sites for hydroxylation is 1. The molecule has 1 saturated carbocycles. The summed E-state index contributed by atoms with van der Waals surface area (Å²) in [6.07, 6.45) is 5.08. The molecule has 4 nitrogen and oxygen atoms in total. The summed E-state index contributed by atoms with van der Waals surface area (Å²) in [5.41, 5.74) is 0.946. The number of aromatic carboxylic acids is 1. The summed E-state index contributed by atoms with van der Waals surface area (Å²) in [6, 6.07) is 2.15. The quantitative estimate of drug-likeness (QED) is 0.782. The molecule has 0 amide bonds. The Bertz CT molecular complexity index is 421. The molecule has 1 fully saturated rings. The van der Waals surface area contributed by atoms with Gasteiger partial charge in [0.1, 0.15) is 5.76 Å². The molecule has 18 heavy (non-hydrogen) atoms. The van der Waals surface area contributed by atoms with Crippen LogP contribution in [0.5, 0.6) is 0 Å². The standard InChI is InChI=1S/C14H21NO3/c1-3-12(6-10-4-5-10)15-8-11-7-13(14(16)17)18-9(11)2/h7,10,12,15H,3-6,8H2,1-2H3,(H,16,17). The number of rotatable bonds is 7. The number of carboxylic acids is 1. The molecule has 1 unspecified atom stereocenters. The Morgan fingerprint density at radius 2 is 2.33 bits per heavy atom. The van der Waals surface area contributed by atoms with Crippen molar-refractivity contribution in [1.29, 1.82) is 0 Å². The third kappa shape index (κ3) is 3.35. The summed E-state index contributed by atoms with van der Waals surface area (Å²) in [7, 11) is 0. The van der Waals surface area contributed by atoms with Gasteiger partial charge in [-0.2, -0.15) is 0 Å². The molecule has 0 bridgehead atoms. The van der Waals surface area contributed by atoms with Crippen LogP contribution in [0.25, 0.3) is 0 Å². The topological polar surface area (TPSA) is 62.5 Å². The SMILES string of the molecule is CCC(CC1CC1)NCc1cc(C(=O)O)oc1C.